The second-order valence-corrected chi connectivity index (χ2v) is 6.68. The van der Waals surface area contributed by atoms with Crippen LogP contribution in [0.3, 0.4) is 0 Å². The molecule has 0 spiro atoms. The molecule has 1 atom stereocenters. The molecule has 0 aliphatic rings. The van der Waals surface area contributed by atoms with Gasteiger partial charge in [0.1, 0.15) is 5.75 Å². The fourth-order valence-corrected chi connectivity index (χ4v) is 2.94. The van der Waals surface area contributed by atoms with Crippen LogP contribution in [0, 0.1) is 13.8 Å². The van der Waals surface area contributed by atoms with E-state index in [1.54, 1.807) is 18.7 Å². The van der Waals surface area contributed by atoms with Crippen molar-refractivity contribution in [2.75, 3.05) is 11.1 Å². The highest BCUT2D eigenvalue weighted by atomic mass is 32.2. The Morgan fingerprint density at radius 1 is 1.17 bits per heavy atom. The highest BCUT2D eigenvalue weighted by Gasteiger charge is 2.17. The molecule has 0 saturated heterocycles. The SMILES string of the molecule is CCSc1ccccc1NC(=O)C(C)Oc1cccc(C)c1C. The molecule has 1 N–H and O–H groups in total. The van der Waals surface area contributed by atoms with Gasteiger partial charge in [-0.2, -0.15) is 0 Å². The van der Waals surface area contributed by atoms with Crippen LogP contribution in [0.5, 0.6) is 5.75 Å². The molecule has 0 bridgehead atoms. The van der Waals surface area contributed by atoms with E-state index in [2.05, 4.69) is 12.2 Å². The van der Waals surface area contributed by atoms with Crippen LogP contribution in [0.1, 0.15) is 25.0 Å². The summed E-state index contributed by atoms with van der Waals surface area (Å²) in [5.74, 6) is 1.57. The van der Waals surface area contributed by atoms with Crippen molar-refractivity contribution in [3.8, 4) is 5.75 Å². The summed E-state index contributed by atoms with van der Waals surface area (Å²) in [4.78, 5) is 13.5. The number of nitrogens with one attached hydrogen (secondary N) is 1. The molecule has 2 rings (SSSR count). The molecule has 2 aromatic rings. The molecule has 1 unspecified atom stereocenters. The van der Waals surface area contributed by atoms with Gasteiger partial charge < -0.3 is 10.1 Å². The number of rotatable bonds is 6. The van der Waals surface area contributed by atoms with Gasteiger partial charge in [-0.3, -0.25) is 4.79 Å². The summed E-state index contributed by atoms with van der Waals surface area (Å²) in [5, 5.41) is 2.96. The Bertz CT molecular complexity index is 685. The van der Waals surface area contributed by atoms with E-state index in [1.807, 2.05) is 56.3 Å². The van der Waals surface area contributed by atoms with Crippen LogP contribution < -0.4 is 10.1 Å². The Kier molecular flexibility index (Phi) is 6.11. The average molecular weight is 329 g/mol. The third-order valence-electron chi connectivity index (χ3n) is 3.67. The van der Waals surface area contributed by atoms with Gasteiger partial charge in [0.15, 0.2) is 6.10 Å². The smallest absolute Gasteiger partial charge is 0.265 e. The minimum atomic E-state index is -0.560. The molecule has 1 amide bonds. The molecular formula is C19H23NO2S. The molecule has 2 aromatic carbocycles. The second-order valence-electron chi connectivity index (χ2n) is 5.38. The maximum Gasteiger partial charge on any atom is 0.265 e. The molecular weight excluding hydrogens is 306 g/mol. The molecule has 0 saturated carbocycles. The lowest BCUT2D eigenvalue weighted by Crippen LogP contribution is -2.30. The molecule has 0 radical (unpaired) electrons. The zero-order chi connectivity index (χ0) is 16.8. The van der Waals surface area contributed by atoms with Crippen molar-refractivity contribution in [3.63, 3.8) is 0 Å². The Labute approximate surface area is 142 Å². The van der Waals surface area contributed by atoms with E-state index in [-0.39, 0.29) is 5.91 Å². The van der Waals surface area contributed by atoms with E-state index < -0.39 is 6.10 Å². The summed E-state index contributed by atoms with van der Waals surface area (Å²) in [6, 6.07) is 13.7. The zero-order valence-electron chi connectivity index (χ0n) is 14.1. The Balaban J connectivity index is 2.07. The summed E-state index contributed by atoms with van der Waals surface area (Å²) in [6.07, 6.45) is -0.560. The lowest BCUT2D eigenvalue weighted by molar-refractivity contribution is -0.122. The highest BCUT2D eigenvalue weighted by Crippen LogP contribution is 2.27. The van der Waals surface area contributed by atoms with Crippen LogP contribution in [0.25, 0.3) is 0 Å². The third-order valence-corrected chi connectivity index (χ3v) is 4.63. The number of amides is 1. The standard InChI is InChI=1S/C19H23NO2S/c1-5-23-18-12-7-6-10-16(18)20-19(21)15(4)22-17-11-8-9-13(2)14(17)3/h6-12,15H,5H2,1-4H3,(H,20,21). The predicted octanol–water partition coefficient (Wildman–Crippen LogP) is 4.82. The van der Waals surface area contributed by atoms with Gasteiger partial charge in [0.05, 0.1) is 5.69 Å². The number of thioether (sulfide) groups is 1. The first kappa shape index (κ1) is 17.4. The number of anilines is 1. The lowest BCUT2D eigenvalue weighted by Gasteiger charge is -2.18. The van der Waals surface area contributed by atoms with Crippen molar-refractivity contribution in [1.82, 2.24) is 0 Å². The molecule has 0 aliphatic carbocycles. The number of hydrogen-bond acceptors (Lipinski definition) is 3. The largest absolute Gasteiger partial charge is 0.481 e. The van der Waals surface area contributed by atoms with Gasteiger partial charge in [-0.25, -0.2) is 0 Å². The van der Waals surface area contributed by atoms with E-state index in [0.29, 0.717) is 0 Å². The average Bonchev–Trinajstić information content (AvgIpc) is 2.54. The van der Waals surface area contributed by atoms with Gasteiger partial charge in [-0.15, -0.1) is 11.8 Å². The Morgan fingerprint density at radius 3 is 2.65 bits per heavy atom. The van der Waals surface area contributed by atoms with Crippen LogP contribution >= 0.6 is 11.8 Å². The maximum absolute atomic E-state index is 12.4. The van der Waals surface area contributed by atoms with E-state index >= 15 is 0 Å². The minimum Gasteiger partial charge on any atom is -0.481 e. The van der Waals surface area contributed by atoms with Crippen LogP contribution in [-0.2, 0) is 4.79 Å². The van der Waals surface area contributed by atoms with E-state index in [9.17, 15) is 4.79 Å². The van der Waals surface area contributed by atoms with Crippen LogP contribution in [0.2, 0.25) is 0 Å². The van der Waals surface area contributed by atoms with Crippen LogP contribution in [0.4, 0.5) is 5.69 Å². The van der Waals surface area contributed by atoms with Crippen molar-refractivity contribution < 1.29 is 9.53 Å². The summed E-state index contributed by atoms with van der Waals surface area (Å²) in [5.41, 5.74) is 3.05. The van der Waals surface area contributed by atoms with Crippen LogP contribution in [-0.4, -0.2) is 17.8 Å². The second kappa shape index (κ2) is 8.06. The number of carbonyl (C=O) groups excluding carboxylic acids is 1. The quantitative estimate of drug-likeness (QED) is 0.772. The minimum absolute atomic E-state index is 0.143. The normalized spacial score (nSPS) is 11.8. The van der Waals surface area contributed by atoms with E-state index in [1.165, 1.54) is 0 Å². The Morgan fingerprint density at radius 2 is 1.91 bits per heavy atom. The van der Waals surface area contributed by atoms with Crippen molar-refractivity contribution >= 4 is 23.4 Å². The molecule has 0 aromatic heterocycles. The summed E-state index contributed by atoms with van der Waals surface area (Å²) >= 11 is 1.71. The fourth-order valence-electron chi connectivity index (χ4n) is 2.18. The molecule has 122 valence electrons. The zero-order valence-corrected chi connectivity index (χ0v) is 14.9. The monoisotopic (exact) mass is 329 g/mol. The number of para-hydroxylation sites is 1. The first-order valence-electron chi connectivity index (χ1n) is 7.78. The topological polar surface area (TPSA) is 38.3 Å². The molecule has 0 aliphatic heterocycles. The third kappa shape index (κ3) is 4.52. The summed E-state index contributed by atoms with van der Waals surface area (Å²) < 4.78 is 5.84. The van der Waals surface area contributed by atoms with Gasteiger partial charge in [-0.05, 0) is 55.9 Å². The molecule has 0 fully saturated rings. The van der Waals surface area contributed by atoms with Gasteiger partial charge >= 0.3 is 0 Å². The van der Waals surface area contributed by atoms with Crippen molar-refractivity contribution in [2.24, 2.45) is 0 Å². The predicted molar refractivity (Wildman–Crippen MR) is 97.5 cm³/mol. The first-order chi connectivity index (χ1) is 11.0. The number of ether oxygens (including phenoxy) is 1. The fraction of sp³-hybridized carbons (Fsp3) is 0.316. The first-order valence-corrected chi connectivity index (χ1v) is 8.77. The van der Waals surface area contributed by atoms with Gasteiger partial charge in [0, 0.05) is 4.90 Å². The van der Waals surface area contributed by atoms with Gasteiger partial charge in [0.25, 0.3) is 5.91 Å². The van der Waals surface area contributed by atoms with Gasteiger partial charge in [0.2, 0.25) is 0 Å². The molecule has 23 heavy (non-hydrogen) atoms. The van der Waals surface area contributed by atoms with Crippen molar-refractivity contribution in [3.05, 3.63) is 53.6 Å². The maximum atomic E-state index is 12.4. The van der Waals surface area contributed by atoms with E-state index in [4.69, 9.17) is 4.74 Å². The summed E-state index contributed by atoms with van der Waals surface area (Å²) in [7, 11) is 0. The Hall–Kier alpha value is -1.94. The number of hydrogen-bond donors (Lipinski definition) is 1. The van der Waals surface area contributed by atoms with Crippen molar-refractivity contribution in [2.45, 2.75) is 38.7 Å². The lowest BCUT2D eigenvalue weighted by atomic mass is 10.1. The molecule has 0 heterocycles. The number of carbonyl (C=O) groups is 1. The van der Waals surface area contributed by atoms with Gasteiger partial charge in [-0.1, -0.05) is 31.2 Å². The number of benzene rings is 2. The van der Waals surface area contributed by atoms with Crippen molar-refractivity contribution in [1.29, 1.82) is 0 Å². The van der Waals surface area contributed by atoms with Crippen LogP contribution in [0.15, 0.2) is 47.4 Å². The summed E-state index contributed by atoms with van der Waals surface area (Å²) in [6.45, 7) is 7.90. The number of aryl methyl sites for hydroxylation is 1. The molecule has 4 heteroatoms. The molecule has 3 nitrogen and oxygen atoms in total. The highest BCUT2D eigenvalue weighted by molar-refractivity contribution is 7.99. The van der Waals surface area contributed by atoms with E-state index in [0.717, 1.165) is 33.2 Å².